The van der Waals surface area contributed by atoms with E-state index < -0.39 is 46.1 Å². The van der Waals surface area contributed by atoms with Crippen LogP contribution in [0.4, 0.5) is 61.5 Å². The van der Waals surface area contributed by atoms with Crippen LogP contribution >= 0.6 is 23.2 Å². The van der Waals surface area contributed by atoms with Gasteiger partial charge in [-0.3, -0.25) is 0 Å². The fourth-order valence-electron chi connectivity index (χ4n) is 0.972. The van der Waals surface area contributed by atoms with E-state index >= 15 is 0 Å². The van der Waals surface area contributed by atoms with Crippen LogP contribution in [-0.2, 0) is 0 Å². The summed E-state index contributed by atoms with van der Waals surface area (Å²) in [5.41, 5.74) is 0. The third-order valence-corrected chi connectivity index (χ3v) is 3.18. The van der Waals surface area contributed by atoms with E-state index in [1.165, 1.54) is 0 Å². The zero-order valence-electron chi connectivity index (χ0n) is 10.0. The van der Waals surface area contributed by atoms with E-state index in [9.17, 15) is 61.5 Å². The highest BCUT2D eigenvalue weighted by molar-refractivity contribution is 6.40. The van der Waals surface area contributed by atoms with E-state index in [4.69, 9.17) is 0 Å². The first-order valence-electron chi connectivity index (χ1n) is 4.77. The van der Waals surface area contributed by atoms with Gasteiger partial charge in [0.25, 0.3) is 0 Å². The Balaban J connectivity index is 6.43. The maximum atomic E-state index is 13.1. The van der Waals surface area contributed by atoms with Crippen LogP contribution in [0.25, 0.3) is 0 Å². The van der Waals surface area contributed by atoms with Gasteiger partial charge in [0.1, 0.15) is 10.1 Å². The van der Waals surface area contributed by atoms with Gasteiger partial charge in [-0.1, -0.05) is 23.2 Å². The number of hydrogen-bond donors (Lipinski definition) is 0. The summed E-state index contributed by atoms with van der Waals surface area (Å²) < 4.78 is 174. The molecule has 0 aliphatic rings. The van der Waals surface area contributed by atoms with Gasteiger partial charge in [-0.25, -0.2) is 0 Å². The summed E-state index contributed by atoms with van der Waals surface area (Å²) >= 11 is 8.21. The summed E-state index contributed by atoms with van der Waals surface area (Å²) in [6.07, 6.45) is -13.6. The standard InChI is InChI=1S/C8Cl2F14/c9-1(2(10)4(13,14)15)3(11,12)5(16,17)6(18,19)7(20,21)8(22,23)24. The van der Waals surface area contributed by atoms with Crippen LogP contribution in [0, 0.1) is 0 Å². The average molecular weight is 433 g/mol. The Morgan fingerprint density at radius 2 is 0.792 bits per heavy atom. The number of rotatable bonds is 4. The van der Waals surface area contributed by atoms with Gasteiger partial charge < -0.3 is 0 Å². The van der Waals surface area contributed by atoms with Gasteiger partial charge in [0.2, 0.25) is 0 Å². The van der Waals surface area contributed by atoms with Gasteiger partial charge in [-0.2, -0.15) is 61.5 Å². The van der Waals surface area contributed by atoms with E-state index in [0.717, 1.165) is 0 Å². The molecule has 0 unspecified atom stereocenters. The fraction of sp³-hybridized carbons (Fsp3) is 0.750. The van der Waals surface area contributed by atoms with Crippen molar-refractivity contribution >= 4 is 23.2 Å². The van der Waals surface area contributed by atoms with Crippen molar-refractivity contribution < 1.29 is 61.5 Å². The van der Waals surface area contributed by atoms with Gasteiger partial charge in [0.05, 0.1) is 0 Å². The van der Waals surface area contributed by atoms with Crippen LogP contribution < -0.4 is 0 Å². The average Bonchev–Trinajstić information content (AvgIpc) is 2.33. The molecule has 16 heteroatoms. The number of hydrogen-bond acceptors (Lipinski definition) is 0. The molecule has 0 saturated heterocycles. The van der Waals surface area contributed by atoms with Crippen LogP contribution in [0.1, 0.15) is 0 Å². The molecule has 24 heavy (non-hydrogen) atoms. The van der Waals surface area contributed by atoms with E-state index in [1.54, 1.807) is 0 Å². The van der Waals surface area contributed by atoms with Crippen molar-refractivity contribution in [1.82, 2.24) is 0 Å². The first-order chi connectivity index (χ1) is 10.1. The number of allylic oxidation sites excluding steroid dienone is 2. The summed E-state index contributed by atoms with van der Waals surface area (Å²) in [6.45, 7) is 0. The molecule has 0 spiro atoms. The molecule has 0 aromatic heterocycles. The summed E-state index contributed by atoms with van der Waals surface area (Å²) in [5, 5.41) is -6.92. The molecule has 0 fully saturated rings. The molecular formula is C8Cl2F14. The second-order valence-corrected chi connectivity index (χ2v) is 4.68. The van der Waals surface area contributed by atoms with Crippen molar-refractivity contribution in [3.63, 3.8) is 0 Å². The van der Waals surface area contributed by atoms with Crippen molar-refractivity contribution in [2.24, 2.45) is 0 Å². The third kappa shape index (κ3) is 3.35. The predicted molar refractivity (Wildman–Crippen MR) is 50.6 cm³/mol. The molecule has 0 N–H and O–H groups in total. The molecule has 0 aromatic rings. The summed E-state index contributed by atoms with van der Waals surface area (Å²) in [6, 6.07) is 0. The van der Waals surface area contributed by atoms with Crippen molar-refractivity contribution in [2.45, 2.75) is 36.0 Å². The molecule has 0 heterocycles. The fourth-order valence-corrected chi connectivity index (χ4v) is 1.32. The smallest absolute Gasteiger partial charge is 0.193 e. The molecule has 0 amide bonds. The molecule has 0 aromatic carbocycles. The largest absolute Gasteiger partial charge is 0.460 e. The normalized spacial score (nSPS) is 17.0. The molecule has 0 nitrogen and oxygen atoms in total. The van der Waals surface area contributed by atoms with Crippen molar-refractivity contribution in [1.29, 1.82) is 0 Å². The quantitative estimate of drug-likeness (QED) is 0.454. The van der Waals surface area contributed by atoms with Crippen LogP contribution in [0.15, 0.2) is 10.1 Å². The molecule has 0 rings (SSSR count). The van der Waals surface area contributed by atoms with E-state index in [1.807, 2.05) is 0 Å². The summed E-state index contributed by atoms with van der Waals surface area (Å²) in [7, 11) is 0. The minimum atomic E-state index is -7.88. The van der Waals surface area contributed by atoms with Gasteiger partial charge >= 0.3 is 36.0 Å². The highest BCUT2D eigenvalue weighted by atomic mass is 35.5. The second-order valence-electron chi connectivity index (χ2n) is 3.92. The summed E-state index contributed by atoms with van der Waals surface area (Å²) in [5.74, 6) is -30.4. The van der Waals surface area contributed by atoms with Crippen molar-refractivity contribution in [3.8, 4) is 0 Å². The van der Waals surface area contributed by atoms with Crippen LogP contribution in [0.2, 0.25) is 0 Å². The highest BCUT2D eigenvalue weighted by Gasteiger charge is 2.87. The lowest BCUT2D eigenvalue weighted by Gasteiger charge is -2.37. The topological polar surface area (TPSA) is 0 Å². The maximum absolute atomic E-state index is 13.1. The van der Waals surface area contributed by atoms with Gasteiger partial charge in [0, 0.05) is 0 Å². The van der Waals surface area contributed by atoms with Crippen molar-refractivity contribution in [2.75, 3.05) is 0 Å². The minimum absolute atomic E-state index is 3.32. The van der Waals surface area contributed by atoms with Gasteiger partial charge in [-0.15, -0.1) is 0 Å². The predicted octanol–water partition coefficient (Wildman–Crippen LogP) is 6.34. The van der Waals surface area contributed by atoms with Crippen LogP contribution in [-0.4, -0.2) is 36.0 Å². The third-order valence-electron chi connectivity index (χ3n) is 2.26. The Bertz CT molecular complexity index is 510. The highest BCUT2D eigenvalue weighted by Crippen LogP contribution is 2.60. The molecule has 0 radical (unpaired) electrons. The first-order valence-corrected chi connectivity index (χ1v) is 5.53. The van der Waals surface area contributed by atoms with E-state index in [2.05, 4.69) is 23.2 Å². The molecule has 0 aliphatic carbocycles. The Morgan fingerprint density at radius 1 is 0.458 bits per heavy atom. The minimum Gasteiger partial charge on any atom is -0.193 e. The molecular weight excluding hydrogens is 433 g/mol. The lowest BCUT2D eigenvalue weighted by molar-refractivity contribution is -0.417. The first kappa shape index (κ1) is 23.3. The second kappa shape index (κ2) is 5.95. The van der Waals surface area contributed by atoms with E-state index in [-0.39, 0.29) is 0 Å². The molecule has 144 valence electrons. The number of halogens is 16. The molecule has 0 bridgehead atoms. The van der Waals surface area contributed by atoms with Crippen LogP contribution in [0.5, 0.6) is 0 Å². The maximum Gasteiger partial charge on any atom is 0.460 e. The zero-order chi connectivity index (χ0) is 20.2. The molecule has 0 saturated carbocycles. The van der Waals surface area contributed by atoms with Gasteiger partial charge in [0.15, 0.2) is 0 Å². The lowest BCUT2D eigenvalue weighted by atomic mass is 9.97. The zero-order valence-corrected chi connectivity index (χ0v) is 11.6. The van der Waals surface area contributed by atoms with Crippen molar-refractivity contribution in [3.05, 3.63) is 10.1 Å². The van der Waals surface area contributed by atoms with Gasteiger partial charge in [-0.05, 0) is 0 Å². The summed E-state index contributed by atoms with van der Waals surface area (Å²) in [4.78, 5) is 0. The SMILES string of the molecule is FC(F)(F)C(Cl)=C(Cl)C(F)(F)C(F)(F)C(F)(F)C(F)(F)C(F)(F)F. The monoisotopic (exact) mass is 432 g/mol. The Hall–Kier alpha value is -0.660. The Labute approximate surface area is 132 Å². The Morgan fingerprint density at radius 3 is 1.04 bits per heavy atom. The van der Waals surface area contributed by atoms with E-state index in [0.29, 0.717) is 0 Å². The molecule has 0 atom stereocenters. The van der Waals surface area contributed by atoms with Crippen LogP contribution in [0.3, 0.4) is 0 Å². The lowest BCUT2D eigenvalue weighted by Crippen LogP contribution is -2.66. The Kier molecular flexibility index (Phi) is 5.79. The number of alkyl halides is 14. The molecule has 0 aliphatic heterocycles.